The van der Waals surface area contributed by atoms with Crippen LogP contribution in [0.4, 0.5) is 5.82 Å². The lowest BCUT2D eigenvalue weighted by atomic mass is 10.0. The Bertz CT molecular complexity index is 577. The number of phenols is 1. The molecule has 0 radical (unpaired) electrons. The van der Waals surface area contributed by atoms with Crippen molar-refractivity contribution in [3.63, 3.8) is 0 Å². The van der Waals surface area contributed by atoms with Crippen molar-refractivity contribution in [3.05, 3.63) is 51.6 Å². The first-order valence-electron chi connectivity index (χ1n) is 5.97. The van der Waals surface area contributed by atoms with E-state index < -0.39 is 0 Å². The average Bonchev–Trinajstić information content (AvgIpc) is 2.39. The number of benzene rings is 1. The molecule has 2 rings (SSSR count). The fourth-order valence-electron chi connectivity index (χ4n) is 1.87. The second-order valence-corrected chi connectivity index (χ2v) is 5.46. The normalized spacial score (nSPS) is 12.2. The molecule has 1 atom stereocenters. The summed E-state index contributed by atoms with van der Waals surface area (Å²) in [6, 6.07) is 10.8. The minimum Gasteiger partial charge on any atom is -0.508 e. The minimum atomic E-state index is -0.0246. The Morgan fingerprint density at radius 1 is 1.37 bits per heavy atom. The summed E-state index contributed by atoms with van der Waals surface area (Å²) in [5, 5.41) is 13.7. The van der Waals surface area contributed by atoms with Crippen LogP contribution < -0.4 is 5.32 Å². The number of hydrogen-bond acceptors (Lipinski definition) is 3. The van der Waals surface area contributed by atoms with Crippen molar-refractivity contribution < 1.29 is 5.11 Å². The molecule has 0 spiro atoms. The van der Waals surface area contributed by atoms with E-state index in [1.807, 2.05) is 31.2 Å². The molecule has 3 nitrogen and oxygen atoms in total. The summed E-state index contributed by atoms with van der Waals surface area (Å²) >= 11 is 9.28. The van der Waals surface area contributed by atoms with Crippen molar-refractivity contribution in [1.29, 1.82) is 0 Å². The van der Waals surface area contributed by atoms with Crippen LogP contribution in [-0.2, 0) is 0 Å². The van der Waals surface area contributed by atoms with Crippen LogP contribution in [0.5, 0.6) is 5.75 Å². The predicted octanol–water partition coefficient (Wildman–Crippen LogP) is 4.77. The number of nitrogens with zero attached hydrogens (tertiary/aromatic N) is 1. The molecule has 0 saturated heterocycles. The van der Waals surface area contributed by atoms with Crippen molar-refractivity contribution >= 4 is 33.3 Å². The number of anilines is 1. The van der Waals surface area contributed by atoms with E-state index in [-0.39, 0.29) is 11.8 Å². The molecule has 100 valence electrons. The number of rotatable bonds is 4. The van der Waals surface area contributed by atoms with Gasteiger partial charge in [0, 0.05) is 10.0 Å². The Kier molecular flexibility index (Phi) is 4.66. The number of pyridine rings is 1. The number of aromatic hydroxyl groups is 1. The number of phenolic OH excluding ortho intramolecular Hbond substituents is 1. The molecule has 1 aromatic heterocycles. The fourth-order valence-corrected chi connectivity index (χ4v) is 2.41. The zero-order valence-electron chi connectivity index (χ0n) is 10.4. The third-order valence-corrected chi connectivity index (χ3v) is 3.51. The maximum absolute atomic E-state index is 9.96. The van der Waals surface area contributed by atoms with Crippen molar-refractivity contribution in [1.82, 2.24) is 4.98 Å². The van der Waals surface area contributed by atoms with Crippen LogP contribution in [-0.4, -0.2) is 10.1 Å². The van der Waals surface area contributed by atoms with E-state index >= 15 is 0 Å². The molecule has 0 aliphatic rings. The second kappa shape index (κ2) is 6.26. The molecule has 0 aliphatic carbocycles. The molecule has 2 aromatic rings. The van der Waals surface area contributed by atoms with Gasteiger partial charge in [0.15, 0.2) is 0 Å². The summed E-state index contributed by atoms with van der Waals surface area (Å²) in [4.78, 5) is 4.20. The van der Waals surface area contributed by atoms with Gasteiger partial charge in [-0.15, -0.1) is 0 Å². The maximum atomic E-state index is 9.96. The molecule has 0 aliphatic heterocycles. The Hall–Kier alpha value is -1.26. The molecule has 2 N–H and O–H groups in total. The first-order valence-corrected chi connectivity index (χ1v) is 7.14. The molecule has 1 aromatic carbocycles. The largest absolute Gasteiger partial charge is 0.508 e. The lowest BCUT2D eigenvalue weighted by molar-refractivity contribution is 0.462. The minimum absolute atomic E-state index is 0.0246. The topological polar surface area (TPSA) is 45.2 Å². The Labute approximate surface area is 125 Å². The van der Waals surface area contributed by atoms with E-state index in [4.69, 9.17) is 11.6 Å². The molecular weight excluding hydrogens is 328 g/mol. The van der Waals surface area contributed by atoms with Gasteiger partial charge in [0.25, 0.3) is 0 Å². The van der Waals surface area contributed by atoms with Gasteiger partial charge in [-0.05, 0) is 36.8 Å². The van der Waals surface area contributed by atoms with Crippen molar-refractivity contribution in [2.24, 2.45) is 0 Å². The van der Waals surface area contributed by atoms with Crippen LogP contribution in [0.3, 0.4) is 0 Å². The van der Waals surface area contributed by atoms with Gasteiger partial charge in [0.2, 0.25) is 0 Å². The third-order valence-electron chi connectivity index (χ3n) is 2.81. The summed E-state index contributed by atoms with van der Waals surface area (Å²) in [5.74, 6) is 0.961. The van der Waals surface area contributed by atoms with Gasteiger partial charge in [-0.2, -0.15) is 0 Å². The molecule has 1 heterocycles. The molecular formula is C14H14BrClN2O. The molecule has 19 heavy (non-hydrogen) atoms. The number of halogens is 2. The summed E-state index contributed by atoms with van der Waals surface area (Å²) < 4.78 is 0.930. The van der Waals surface area contributed by atoms with Gasteiger partial charge >= 0.3 is 0 Å². The zero-order chi connectivity index (χ0) is 13.8. The zero-order valence-corrected chi connectivity index (χ0v) is 12.7. The van der Waals surface area contributed by atoms with Gasteiger partial charge in [0.05, 0.1) is 6.04 Å². The number of nitrogens with one attached hydrogen (secondary N) is 1. The van der Waals surface area contributed by atoms with Crippen molar-refractivity contribution in [2.75, 3.05) is 5.32 Å². The monoisotopic (exact) mass is 340 g/mol. The highest BCUT2D eigenvalue weighted by molar-refractivity contribution is 9.10. The van der Waals surface area contributed by atoms with E-state index in [1.165, 1.54) is 0 Å². The number of aromatic nitrogens is 1. The SMILES string of the molecule is CCC(Nc1cccc(Cl)n1)c1cc(Br)ccc1O. The first-order chi connectivity index (χ1) is 9.10. The molecule has 1 unspecified atom stereocenters. The van der Waals surface area contributed by atoms with Crippen LogP contribution in [0.2, 0.25) is 5.15 Å². The van der Waals surface area contributed by atoms with Gasteiger partial charge in [-0.3, -0.25) is 0 Å². The van der Waals surface area contributed by atoms with Crippen LogP contribution in [0.1, 0.15) is 24.9 Å². The van der Waals surface area contributed by atoms with Gasteiger partial charge < -0.3 is 10.4 Å². The van der Waals surface area contributed by atoms with Crippen LogP contribution in [0.25, 0.3) is 0 Å². The van der Waals surface area contributed by atoms with Crippen LogP contribution in [0, 0.1) is 0 Å². The van der Waals surface area contributed by atoms with E-state index in [2.05, 4.69) is 26.2 Å². The molecule has 0 fully saturated rings. The molecule has 0 saturated carbocycles. The fraction of sp³-hybridized carbons (Fsp3) is 0.214. The van der Waals surface area contributed by atoms with E-state index in [9.17, 15) is 5.11 Å². The van der Waals surface area contributed by atoms with E-state index in [1.54, 1.807) is 12.1 Å². The Morgan fingerprint density at radius 3 is 2.84 bits per heavy atom. The van der Waals surface area contributed by atoms with Crippen LogP contribution in [0.15, 0.2) is 40.9 Å². The van der Waals surface area contributed by atoms with E-state index in [0.29, 0.717) is 11.0 Å². The molecule has 0 bridgehead atoms. The average molecular weight is 342 g/mol. The summed E-state index contributed by atoms with van der Waals surface area (Å²) in [5.41, 5.74) is 0.832. The smallest absolute Gasteiger partial charge is 0.131 e. The van der Waals surface area contributed by atoms with Gasteiger partial charge in [0.1, 0.15) is 16.7 Å². The first kappa shape index (κ1) is 14.2. The lowest BCUT2D eigenvalue weighted by Crippen LogP contribution is -2.11. The summed E-state index contributed by atoms with van der Waals surface area (Å²) in [6.07, 6.45) is 0.818. The summed E-state index contributed by atoms with van der Waals surface area (Å²) in [7, 11) is 0. The Balaban J connectivity index is 2.27. The highest BCUT2D eigenvalue weighted by atomic mass is 79.9. The lowest BCUT2D eigenvalue weighted by Gasteiger charge is -2.19. The quantitative estimate of drug-likeness (QED) is 0.788. The third kappa shape index (κ3) is 3.61. The van der Waals surface area contributed by atoms with Gasteiger partial charge in [-0.1, -0.05) is 40.5 Å². The predicted molar refractivity (Wildman–Crippen MR) is 81.7 cm³/mol. The molecule has 0 amide bonds. The van der Waals surface area contributed by atoms with Crippen molar-refractivity contribution in [3.8, 4) is 5.75 Å². The highest BCUT2D eigenvalue weighted by Gasteiger charge is 2.14. The maximum Gasteiger partial charge on any atom is 0.131 e. The van der Waals surface area contributed by atoms with Crippen LogP contribution >= 0.6 is 27.5 Å². The molecule has 5 heteroatoms. The van der Waals surface area contributed by atoms with Gasteiger partial charge in [-0.25, -0.2) is 4.98 Å². The van der Waals surface area contributed by atoms with E-state index in [0.717, 1.165) is 16.5 Å². The number of hydrogen-bond donors (Lipinski definition) is 2. The van der Waals surface area contributed by atoms with Crippen molar-refractivity contribution in [2.45, 2.75) is 19.4 Å². The Morgan fingerprint density at radius 2 is 2.16 bits per heavy atom. The second-order valence-electron chi connectivity index (χ2n) is 4.15. The standard InChI is InChI=1S/C14H14BrClN2O/c1-2-11(10-8-9(15)6-7-12(10)19)17-14-5-3-4-13(16)18-14/h3-8,11,19H,2H2,1H3,(H,17,18). The summed E-state index contributed by atoms with van der Waals surface area (Å²) in [6.45, 7) is 2.04. The highest BCUT2D eigenvalue weighted by Crippen LogP contribution is 2.31.